The Bertz CT molecular complexity index is 281. The van der Waals surface area contributed by atoms with Crippen LogP contribution in [0.1, 0.15) is 24.4 Å². The van der Waals surface area contributed by atoms with Crippen LogP contribution in [0.4, 0.5) is 0 Å². The molecule has 1 aliphatic heterocycles. The van der Waals surface area contributed by atoms with E-state index in [9.17, 15) is 0 Å². The molecule has 4 nitrogen and oxygen atoms in total. The van der Waals surface area contributed by atoms with Crippen LogP contribution < -0.4 is 11.1 Å². The summed E-state index contributed by atoms with van der Waals surface area (Å²) in [6, 6.07) is 0.528. The molecule has 1 fully saturated rings. The van der Waals surface area contributed by atoms with Gasteiger partial charge >= 0.3 is 0 Å². The summed E-state index contributed by atoms with van der Waals surface area (Å²) in [5, 5.41) is 7.57. The van der Waals surface area contributed by atoms with E-state index in [1.165, 1.54) is 12.0 Å². The summed E-state index contributed by atoms with van der Waals surface area (Å²) in [5.41, 5.74) is 7.22. The van der Waals surface area contributed by atoms with Crippen molar-refractivity contribution in [2.75, 3.05) is 6.54 Å². The number of hydrogen-bond donors (Lipinski definition) is 2. The highest BCUT2D eigenvalue weighted by molar-refractivity contribution is 5.13. The lowest BCUT2D eigenvalue weighted by Gasteiger charge is -2.28. The molecule has 2 rings (SSSR count). The minimum atomic E-state index is 0.234. The van der Waals surface area contributed by atoms with E-state index in [2.05, 4.69) is 10.4 Å². The molecular weight excluding hydrogens is 164 g/mol. The molecule has 0 saturated carbocycles. The minimum Gasteiger partial charge on any atom is -0.326 e. The van der Waals surface area contributed by atoms with Gasteiger partial charge in [0, 0.05) is 24.8 Å². The van der Waals surface area contributed by atoms with Crippen molar-refractivity contribution in [2.45, 2.75) is 24.9 Å². The number of rotatable bonds is 1. The Kier molecular flexibility index (Phi) is 2.33. The smallest absolute Gasteiger partial charge is 0.0538 e. The predicted octanol–water partition coefficient (Wildman–Crippen LogP) is 0.172. The highest BCUT2D eigenvalue weighted by Crippen LogP contribution is 2.21. The first kappa shape index (κ1) is 8.72. The molecule has 1 saturated heterocycles. The second-order valence-electron chi connectivity index (χ2n) is 3.69. The zero-order chi connectivity index (χ0) is 9.26. The van der Waals surface area contributed by atoms with Gasteiger partial charge in [0.05, 0.1) is 12.2 Å². The number of aromatic nitrogens is 2. The minimum absolute atomic E-state index is 0.234. The molecule has 2 unspecified atom stereocenters. The van der Waals surface area contributed by atoms with E-state index in [-0.39, 0.29) is 6.04 Å². The van der Waals surface area contributed by atoms with Crippen LogP contribution in [0.25, 0.3) is 0 Å². The molecule has 0 aromatic carbocycles. The zero-order valence-electron chi connectivity index (χ0n) is 7.90. The van der Waals surface area contributed by atoms with Crippen molar-refractivity contribution in [3.8, 4) is 0 Å². The van der Waals surface area contributed by atoms with Gasteiger partial charge in [0.2, 0.25) is 0 Å². The standard InChI is InChI=1S/C9H16N4/c1-13-6-7(5-12-13)9-8(10)3-2-4-11-9/h5-6,8-9,11H,2-4,10H2,1H3. The average Bonchev–Trinajstić information content (AvgIpc) is 2.53. The number of nitrogens with zero attached hydrogens (tertiary/aromatic N) is 2. The van der Waals surface area contributed by atoms with Gasteiger partial charge in [0.25, 0.3) is 0 Å². The molecule has 0 bridgehead atoms. The molecule has 0 aliphatic carbocycles. The van der Waals surface area contributed by atoms with Crippen molar-refractivity contribution in [1.29, 1.82) is 0 Å². The number of piperidine rings is 1. The highest BCUT2D eigenvalue weighted by Gasteiger charge is 2.23. The van der Waals surface area contributed by atoms with Crippen molar-refractivity contribution in [3.63, 3.8) is 0 Å². The molecule has 1 aromatic rings. The fourth-order valence-electron chi connectivity index (χ4n) is 1.88. The van der Waals surface area contributed by atoms with Crippen LogP contribution in [0.2, 0.25) is 0 Å². The lowest BCUT2D eigenvalue weighted by Crippen LogP contribution is -2.42. The van der Waals surface area contributed by atoms with E-state index >= 15 is 0 Å². The van der Waals surface area contributed by atoms with E-state index in [0.717, 1.165) is 13.0 Å². The van der Waals surface area contributed by atoms with Gasteiger partial charge in [-0.3, -0.25) is 4.68 Å². The molecule has 13 heavy (non-hydrogen) atoms. The van der Waals surface area contributed by atoms with Crippen molar-refractivity contribution in [3.05, 3.63) is 18.0 Å². The molecule has 0 spiro atoms. The normalized spacial score (nSPS) is 29.1. The second kappa shape index (κ2) is 3.47. The van der Waals surface area contributed by atoms with Gasteiger partial charge in [-0.2, -0.15) is 5.10 Å². The van der Waals surface area contributed by atoms with Crippen LogP contribution in [-0.2, 0) is 7.05 Å². The molecule has 3 N–H and O–H groups in total. The number of nitrogens with two attached hydrogens (primary N) is 1. The summed E-state index contributed by atoms with van der Waals surface area (Å²) in [5.74, 6) is 0. The maximum atomic E-state index is 6.02. The van der Waals surface area contributed by atoms with E-state index in [1.807, 2.05) is 24.1 Å². The van der Waals surface area contributed by atoms with E-state index in [1.54, 1.807) is 0 Å². The molecule has 0 radical (unpaired) electrons. The van der Waals surface area contributed by atoms with Crippen LogP contribution in [0.5, 0.6) is 0 Å². The first-order chi connectivity index (χ1) is 6.27. The van der Waals surface area contributed by atoms with Gasteiger partial charge in [-0.25, -0.2) is 0 Å². The maximum Gasteiger partial charge on any atom is 0.0538 e. The Morgan fingerprint density at radius 2 is 2.54 bits per heavy atom. The van der Waals surface area contributed by atoms with Gasteiger partial charge in [0.1, 0.15) is 0 Å². The van der Waals surface area contributed by atoms with Gasteiger partial charge < -0.3 is 11.1 Å². The van der Waals surface area contributed by atoms with Gasteiger partial charge in [-0.15, -0.1) is 0 Å². The number of hydrogen-bond acceptors (Lipinski definition) is 3. The molecule has 72 valence electrons. The summed E-state index contributed by atoms with van der Waals surface area (Å²) in [7, 11) is 1.93. The lowest BCUT2D eigenvalue weighted by molar-refractivity contribution is 0.358. The highest BCUT2D eigenvalue weighted by atomic mass is 15.2. The van der Waals surface area contributed by atoms with Crippen LogP contribution in [-0.4, -0.2) is 22.4 Å². The average molecular weight is 180 g/mol. The zero-order valence-corrected chi connectivity index (χ0v) is 7.90. The first-order valence-corrected chi connectivity index (χ1v) is 4.75. The van der Waals surface area contributed by atoms with Crippen LogP contribution in [0.15, 0.2) is 12.4 Å². The Hall–Kier alpha value is -0.870. The van der Waals surface area contributed by atoms with Crippen LogP contribution in [0.3, 0.4) is 0 Å². The largest absolute Gasteiger partial charge is 0.326 e. The predicted molar refractivity (Wildman–Crippen MR) is 51.2 cm³/mol. The fourth-order valence-corrected chi connectivity index (χ4v) is 1.88. The Morgan fingerprint density at radius 3 is 3.15 bits per heavy atom. The molecular formula is C9H16N4. The summed E-state index contributed by atoms with van der Waals surface area (Å²) in [6.07, 6.45) is 6.20. The van der Waals surface area contributed by atoms with Crippen molar-refractivity contribution in [1.82, 2.24) is 15.1 Å². The quantitative estimate of drug-likeness (QED) is 0.648. The van der Waals surface area contributed by atoms with Gasteiger partial charge in [-0.1, -0.05) is 0 Å². The molecule has 2 atom stereocenters. The Balaban J connectivity index is 2.14. The third kappa shape index (κ3) is 1.73. The molecule has 4 heteroatoms. The lowest BCUT2D eigenvalue weighted by atomic mass is 9.95. The van der Waals surface area contributed by atoms with Gasteiger partial charge in [0.15, 0.2) is 0 Å². The van der Waals surface area contributed by atoms with Crippen LogP contribution >= 0.6 is 0 Å². The summed E-state index contributed by atoms with van der Waals surface area (Å²) < 4.78 is 1.82. The molecule has 2 heterocycles. The summed E-state index contributed by atoms with van der Waals surface area (Å²) in [6.45, 7) is 1.06. The summed E-state index contributed by atoms with van der Waals surface area (Å²) >= 11 is 0. The van der Waals surface area contributed by atoms with E-state index in [4.69, 9.17) is 5.73 Å². The maximum absolute atomic E-state index is 6.02. The van der Waals surface area contributed by atoms with Gasteiger partial charge in [-0.05, 0) is 19.4 Å². The second-order valence-corrected chi connectivity index (χ2v) is 3.69. The molecule has 1 aliphatic rings. The van der Waals surface area contributed by atoms with Crippen LogP contribution in [0, 0.1) is 0 Å². The monoisotopic (exact) mass is 180 g/mol. The topological polar surface area (TPSA) is 55.9 Å². The number of nitrogens with one attached hydrogen (secondary N) is 1. The van der Waals surface area contributed by atoms with E-state index in [0.29, 0.717) is 6.04 Å². The third-order valence-electron chi connectivity index (χ3n) is 2.59. The van der Waals surface area contributed by atoms with Crippen molar-refractivity contribution < 1.29 is 0 Å². The Morgan fingerprint density at radius 1 is 1.69 bits per heavy atom. The van der Waals surface area contributed by atoms with E-state index < -0.39 is 0 Å². The van der Waals surface area contributed by atoms with Crippen molar-refractivity contribution >= 4 is 0 Å². The van der Waals surface area contributed by atoms with Crippen molar-refractivity contribution in [2.24, 2.45) is 12.8 Å². The first-order valence-electron chi connectivity index (χ1n) is 4.75. The number of aryl methyl sites for hydroxylation is 1. The SMILES string of the molecule is Cn1cc(C2NCCCC2N)cn1. The summed E-state index contributed by atoms with van der Waals surface area (Å²) in [4.78, 5) is 0. The fraction of sp³-hybridized carbons (Fsp3) is 0.667. The Labute approximate surface area is 78.1 Å². The molecule has 0 amide bonds. The third-order valence-corrected chi connectivity index (χ3v) is 2.59. The molecule has 1 aromatic heterocycles.